The Hall–Kier alpha value is -1.49. The lowest BCUT2D eigenvalue weighted by Crippen LogP contribution is -2.15. The van der Waals surface area contributed by atoms with E-state index >= 15 is 0 Å². The highest BCUT2D eigenvalue weighted by Gasteiger charge is 2.25. The van der Waals surface area contributed by atoms with Crippen molar-refractivity contribution in [3.63, 3.8) is 0 Å². The van der Waals surface area contributed by atoms with Gasteiger partial charge in [0.05, 0.1) is 5.02 Å². The number of hydrogen-bond acceptors (Lipinski definition) is 3. The number of thioether (sulfide) groups is 1. The molecule has 0 aliphatic heterocycles. The third kappa shape index (κ3) is 5.30. The summed E-state index contributed by atoms with van der Waals surface area (Å²) in [7, 11) is 0. The van der Waals surface area contributed by atoms with Gasteiger partial charge in [0.25, 0.3) is 0 Å². The van der Waals surface area contributed by atoms with E-state index in [0.29, 0.717) is 16.1 Å². The highest BCUT2D eigenvalue weighted by molar-refractivity contribution is 7.98. The molecule has 0 atom stereocenters. The molecule has 2 aromatic carbocycles. The van der Waals surface area contributed by atoms with Gasteiger partial charge < -0.3 is 0 Å². The number of hydrogen-bond donors (Lipinski definition) is 0. The number of aromatic nitrogens is 3. The van der Waals surface area contributed by atoms with Crippen LogP contribution in [0.3, 0.4) is 0 Å². The van der Waals surface area contributed by atoms with E-state index < -0.39 is 0 Å². The summed E-state index contributed by atoms with van der Waals surface area (Å²) < 4.78 is 2.32. The van der Waals surface area contributed by atoms with Crippen LogP contribution in [-0.4, -0.2) is 14.8 Å². The molecule has 0 N–H and O–H groups in total. The second-order valence-electron chi connectivity index (χ2n) is 9.33. The molecule has 1 fully saturated rings. The molecule has 0 bridgehead atoms. The minimum Gasteiger partial charge on any atom is -0.299 e. The van der Waals surface area contributed by atoms with E-state index in [4.69, 9.17) is 23.2 Å². The van der Waals surface area contributed by atoms with Gasteiger partial charge in [-0.15, -0.1) is 10.2 Å². The van der Waals surface area contributed by atoms with E-state index in [1.54, 1.807) is 17.8 Å². The monoisotopic (exact) mass is 473 g/mol. The Morgan fingerprint density at radius 1 is 0.968 bits per heavy atom. The molecule has 0 saturated heterocycles. The zero-order valence-electron chi connectivity index (χ0n) is 18.4. The minimum absolute atomic E-state index is 0.166. The van der Waals surface area contributed by atoms with Gasteiger partial charge in [-0.1, -0.05) is 99.3 Å². The Morgan fingerprint density at radius 2 is 1.68 bits per heavy atom. The second-order valence-corrected chi connectivity index (χ2v) is 11.1. The predicted molar refractivity (Wildman–Crippen MR) is 132 cm³/mol. The Labute approximate surface area is 199 Å². The van der Waals surface area contributed by atoms with Crippen LogP contribution in [0.1, 0.15) is 70.0 Å². The fraction of sp³-hybridized carbons (Fsp3) is 0.440. The van der Waals surface area contributed by atoms with Crippen molar-refractivity contribution in [3.8, 4) is 11.4 Å². The molecule has 3 aromatic rings. The van der Waals surface area contributed by atoms with Crippen LogP contribution in [0.15, 0.2) is 47.6 Å². The topological polar surface area (TPSA) is 30.7 Å². The summed E-state index contributed by atoms with van der Waals surface area (Å²) in [5.41, 5.74) is 3.71. The maximum absolute atomic E-state index is 6.54. The van der Waals surface area contributed by atoms with Gasteiger partial charge in [0, 0.05) is 22.4 Å². The van der Waals surface area contributed by atoms with E-state index in [9.17, 15) is 0 Å². The first-order valence-electron chi connectivity index (χ1n) is 11.0. The highest BCUT2D eigenvalue weighted by atomic mass is 35.5. The van der Waals surface area contributed by atoms with Crippen LogP contribution in [0, 0.1) is 0 Å². The highest BCUT2D eigenvalue weighted by Crippen LogP contribution is 2.38. The van der Waals surface area contributed by atoms with Crippen LogP contribution in [0.5, 0.6) is 0 Å². The summed E-state index contributed by atoms with van der Waals surface area (Å²) in [5, 5.41) is 11.4. The molecule has 1 heterocycles. The smallest absolute Gasteiger partial charge is 0.192 e. The number of rotatable bonds is 5. The predicted octanol–water partition coefficient (Wildman–Crippen LogP) is 8.35. The molecular weight excluding hydrogens is 445 g/mol. The van der Waals surface area contributed by atoms with Crippen molar-refractivity contribution in [2.45, 2.75) is 75.2 Å². The van der Waals surface area contributed by atoms with Crippen LogP contribution in [0.25, 0.3) is 11.4 Å². The fourth-order valence-electron chi connectivity index (χ4n) is 4.15. The maximum Gasteiger partial charge on any atom is 0.192 e. The number of nitrogens with zero attached hydrogens (tertiary/aromatic N) is 3. The minimum atomic E-state index is 0.166. The summed E-state index contributed by atoms with van der Waals surface area (Å²) in [6.07, 6.45) is 6.11. The summed E-state index contributed by atoms with van der Waals surface area (Å²) in [6, 6.07) is 14.9. The molecule has 3 nitrogen and oxygen atoms in total. The van der Waals surface area contributed by atoms with E-state index in [1.807, 2.05) is 12.1 Å². The molecule has 1 saturated carbocycles. The maximum atomic E-state index is 6.54. The molecule has 6 heteroatoms. The lowest BCUT2D eigenvalue weighted by Gasteiger charge is -2.26. The van der Waals surface area contributed by atoms with Gasteiger partial charge >= 0.3 is 0 Å². The van der Waals surface area contributed by atoms with Crippen molar-refractivity contribution in [2.24, 2.45) is 0 Å². The van der Waals surface area contributed by atoms with Crippen LogP contribution in [0.4, 0.5) is 0 Å². The SMILES string of the molecule is CC(C)(C)c1ccc(CSc2nnc(-c3ccc(Cl)cc3Cl)n2C2CCCCC2)cc1. The van der Waals surface area contributed by atoms with E-state index in [2.05, 4.69) is 59.8 Å². The van der Waals surface area contributed by atoms with Crippen LogP contribution >= 0.6 is 35.0 Å². The van der Waals surface area contributed by atoms with Crippen molar-refractivity contribution in [3.05, 3.63) is 63.6 Å². The largest absolute Gasteiger partial charge is 0.299 e. The summed E-state index contributed by atoms with van der Waals surface area (Å²) in [4.78, 5) is 0. The summed E-state index contributed by atoms with van der Waals surface area (Å²) in [5.74, 6) is 1.71. The normalized spacial score (nSPS) is 15.4. The quantitative estimate of drug-likeness (QED) is 0.348. The third-order valence-corrected chi connectivity index (χ3v) is 7.53. The molecule has 0 spiro atoms. The average molecular weight is 475 g/mol. The van der Waals surface area contributed by atoms with Gasteiger partial charge in [0.2, 0.25) is 0 Å². The molecule has 0 unspecified atom stereocenters. The van der Waals surface area contributed by atoms with Crippen molar-refractivity contribution >= 4 is 35.0 Å². The van der Waals surface area contributed by atoms with Gasteiger partial charge in [-0.25, -0.2) is 0 Å². The molecule has 0 radical (unpaired) electrons. The van der Waals surface area contributed by atoms with Gasteiger partial charge in [0.15, 0.2) is 11.0 Å². The zero-order valence-corrected chi connectivity index (χ0v) is 20.7. The number of benzene rings is 2. The lowest BCUT2D eigenvalue weighted by molar-refractivity contribution is 0.339. The molecule has 1 aliphatic carbocycles. The molecular formula is C25H29Cl2N3S. The van der Waals surface area contributed by atoms with Crippen molar-refractivity contribution in [1.82, 2.24) is 14.8 Å². The molecule has 1 aromatic heterocycles. The Kier molecular flexibility index (Phi) is 7.00. The van der Waals surface area contributed by atoms with E-state index in [0.717, 1.165) is 35.1 Å². The molecule has 0 amide bonds. The average Bonchev–Trinajstić information content (AvgIpc) is 3.16. The summed E-state index contributed by atoms with van der Waals surface area (Å²) in [6.45, 7) is 6.73. The Balaban J connectivity index is 1.62. The van der Waals surface area contributed by atoms with Crippen molar-refractivity contribution < 1.29 is 0 Å². The molecule has 1 aliphatic rings. The first-order chi connectivity index (χ1) is 14.8. The Bertz CT molecular complexity index is 1030. The first-order valence-corrected chi connectivity index (χ1v) is 12.7. The summed E-state index contributed by atoms with van der Waals surface area (Å²) >= 11 is 14.4. The van der Waals surface area contributed by atoms with Crippen molar-refractivity contribution in [1.29, 1.82) is 0 Å². The van der Waals surface area contributed by atoms with Gasteiger partial charge in [-0.2, -0.15) is 0 Å². The zero-order chi connectivity index (χ0) is 22.0. The molecule has 164 valence electrons. The number of halogens is 2. The van der Waals surface area contributed by atoms with Crippen LogP contribution in [0.2, 0.25) is 10.0 Å². The van der Waals surface area contributed by atoms with Crippen molar-refractivity contribution in [2.75, 3.05) is 0 Å². The molecule has 31 heavy (non-hydrogen) atoms. The second kappa shape index (κ2) is 9.56. The van der Waals surface area contributed by atoms with Crippen LogP contribution in [-0.2, 0) is 11.2 Å². The standard InChI is InChI=1S/C25H29Cl2N3S/c1-25(2,3)18-11-9-17(10-12-18)16-31-24-29-28-23(21-14-13-19(26)15-22(21)27)30(24)20-7-5-4-6-8-20/h9-15,20H,4-8,16H2,1-3H3. The first kappa shape index (κ1) is 22.7. The van der Waals surface area contributed by atoms with Gasteiger partial charge in [0.1, 0.15) is 0 Å². The third-order valence-electron chi connectivity index (χ3n) is 5.96. The fourth-order valence-corrected chi connectivity index (χ4v) is 5.60. The Morgan fingerprint density at radius 3 is 2.32 bits per heavy atom. The lowest BCUT2D eigenvalue weighted by atomic mass is 9.87. The molecule has 4 rings (SSSR count). The van der Waals surface area contributed by atoms with E-state index in [-0.39, 0.29) is 5.41 Å². The van der Waals surface area contributed by atoms with Gasteiger partial charge in [-0.05, 0) is 47.6 Å². The van der Waals surface area contributed by atoms with Crippen LogP contribution < -0.4 is 0 Å². The van der Waals surface area contributed by atoms with Gasteiger partial charge in [-0.3, -0.25) is 4.57 Å². The van der Waals surface area contributed by atoms with E-state index in [1.165, 1.54) is 30.4 Å².